The van der Waals surface area contributed by atoms with E-state index in [4.69, 9.17) is 9.51 Å². The van der Waals surface area contributed by atoms with Gasteiger partial charge in [0.05, 0.1) is 0 Å². The Kier molecular flexibility index (Phi) is 2.83. The lowest BCUT2D eigenvalue weighted by atomic mass is 10.0. The standard InChI is InChI=1S/C19H17N3O/c1-2-4-12(5-3-1)17-11-20-9-8-14(17)18-21-19(23-22-18)15-7-6-13-10-16(13)15/h1-5,8-9,11,13,15-16H,6-7,10H2/t13-,15-,16+/m0/s1. The zero-order valence-electron chi connectivity index (χ0n) is 12.7. The molecule has 0 amide bonds. The minimum atomic E-state index is 0.475. The molecular weight excluding hydrogens is 286 g/mol. The van der Waals surface area contributed by atoms with Crippen molar-refractivity contribution in [1.29, 1.82) is 0 Å². The Morgan fingerprint density at radius 2 is 1.91 bits per heavy atom. The van der Waals surface area contributed by atoms with Crippen molar-refractivity contribution in [2.24, 2.45) is 11.8 Å². The Hall–Kier alpha value is -2.49. The van der Waals surface area contributed by atoms with E-state index in [0.717, 1.165) is 34.4 Å². The van der Waals surface area contributed by atoms with E-state index in [2.05, 4.69) is 22.3 Å². The largest absolute Gasteiger partial charge is 0.339 e. The molecule has 4 nitrogen and oxygen atoms in total. The van der Waals surface area contributed by atoms with Crippen molar-refractivity contribution in [2.75, 3.05) is 0 Å². The summed E-state index contributed by atoms with van der Waals surface area (Å²) < 4.78 is 5.61. The lowest BCUT2D eigenvalue weighted by molar-refractivity contribution is 0.343. The minimum absolute atomic E-state index is 0.475. The van der Waals surface area contributed by atoms with E-state index in [1.54, 1.807) is 6.20 Å². The number of benzene rings is 1. The first-order valence-corrected chi connectivity index (χ1v) is 8.23. The summed E-state index contributed by atoms with van der Waals surface area (Å²) in [6.07, 6.45) is 7.50. The monoisotopic (exact) mass is 303 g/mol. The first-order chi connectivity index (χ1) is 11.4. The van der Waals surface area contributed by atoms with Gasteiger partial charge in [0.1, 0.15) is 0 Å². The fourth-order valence-corrected chi connectivity index (χ4v) is 3.94. The lowest BCUT2D eigenvalue weighted by Gasteiger charge is -2.06. The number of fused-ring (bicyclic) bond motifs is 1. The van der Waals surface area contributed by atoms with Gasteiger partial charge in [-0.1, -0.05) is 35.5 Å². The molecule has 0 spiro atoms. The number of rotatable bonds is 3. The van der Waals surface area contributed by atoms with Gasteiger partial charge >= 0.3 is 0 Å². The normalized spacial score (nSPS) is 25.3. The number of hydrogen-bond acceptors (Lipinski definition) is 4. The van der Waals surface area contributed by atoms with Gasteiger partial charge in [-0.15, -0.1) is 0 Å². The van der Waals surface area contributed by atoms with Gasteiger partial charge in [-0.25, -0.2) is 0 Å². The summed E-state index contributed by atoms with van der Waals surface area (Å²) in [5.74, 6) is 3.67. The molecular formula is C19H17N3O. The van der Waals surface area contributed by atoms with Crippen molar-refractivity contribution >= 4 is 0 Å². The second kappa shape index (κ2) is 5.01. The quantitative estimate of drug-likeness (QED) is 0.723. The highest BCUT2D eigenvalue weighted by Crippen LogP contribution is 2.59. The van der Waals surface area contributed by atoms with E-state index in [9.17, 15) is 0 Å². The fourth-order valence-electron chi connectivity index (χ4n) is 3.94. The van der Waals surface area contributed by atoms with Crippen LogP contribution in [-0.4, -0.2) is 15.1 Å². The molecule has 0 saturated heterocycles. The highest BCUT2D eigenvalue weighted by molar-refractivity contribution is 5.79. The molecule has 5 rings (SSSR count). The number of hydrogen-bond donors (Lipinski definition) is 0. The summed E-state index contributed by atoms with van der Waals surface area (Å²) in [5.41, 5.74) is 3.13. The van der Waals surface area contributed by atoms with Crippen LogP contribution in [0.15, 0.2) is 53.3 Å². The van der Waals surface area contributed by atoms with Gasteiger partial charge in [-0.05, 0) is 42.7 Å². The number of nitrogens with zero attached hydrogens (tertiary/aromatic N) is 3. The zero-order chi connectivity index (χ0) is 15.2. The summed E-state index contributed by atoms with van der Waals surface area (Å²) in [7, 11) is 0. The number of aromatic nitrogens is 3. The highest BCUT2D eigenvalue weighted by atomic mass is 16.5. The van der Waals surface area contributed by atoms with Crippen LogP contribution in [0.3, 0.4) is 0 Å². The average Bonchev–Trinajstić information content (AvgIpc) is 3.04. The van der Waals surface area contributed by atoms with Gasteiger partial charge in [0, 0.05) is 29.4 Å². The second-order valence-electron chi connectivity index (χ2n) is 6.59. The van der Waals surface area contributed by atoms with Crippen LogP contribution >= 0.6 is 0 Å². The lowest BCUT2D eigenvalue weighted by Crippen LogP contribution is -1.97. The molecule has 2 aromatic heterocycles. The molecule has 0 radical (unpaired) electrons. The van der Waals surface area contributed by atoms with Crippen molar-refractivity contribution in [3.05, 3.63) is 54.7 Å². The van der Waals surface area contributed by atoms with Crippen LogP contribution < -0.4 is 0 Å². The topological polar surface area (TPSA) is 51.8 Å². The van der Waals surface area contributed by atoms with Crippen LogP contribution in [0, 0.1) is 11.8 Å². The summed E-state index contributed by atoms with van der Waals surface area (Å²) in [5, 5.41) is 4.26. The molecule has 1 aromatic carbocycles. The average molecular weight is 303 g/mol. The van der Waals surface area contributed by atoms with E-state index in [1.165, 1.54) is 19.3 Å². The van der Waals surface area contributed by atoms with Crippen LogP contribution in [-0.2, 0) is 0 Å². The molecule has 0 bridgehead atoms. The molecule has 3 atom stereocenters. The van der Waals surface area contributed by atoms with Crippen LogP contribution in [0.1, 0.15) is 31.1 Å². The molecule has 0 N–H and O–H groups in total. The van der Waals surface area contributed by atoms with Gasteiger partial charge in [0.25, 0.3) is 0 Å². The Labute approximate surface area is 134 Å². The summed E-state index contributed by atoms with van der Waals surface area (Å²) in [4.78, 5) is 8.98. The SMILES string of the molecule is c1ccc(-c2cnccc2-c2noc([C@H]3CC[C@H]4C[C@H]43)n2)cc1. The molecule has 23 heavy (non-hydrogen) atoms. The molecule has 0 unspecified atom stereocenters. The first kappa shape index (κ1) is 13.0. The minimum Gasteiger partial charge on any atom is -0.339 e. The van der Waals surface area contributed by atoms with E-state index in [1.807, 2.05) is 30.5 Å². The Balaban J connectivity index is 1.54. The van der Waals surface area contributed by atoms with E-state index in [0.29, 0.717) is 11.7 Å². The third kappa shape index (κ3) is 2.17. The Bertz CT molecular complexity index is 843. The first-order valence-electron chi connectivity index (χ1n) is 8.23. The smallest absolute Gasteiger partial charge is 0.230 e. The van der Waals surface area contributed by atoms with Crippen molar-refractivity contribution in [2.45, 2.75) is 25.2 Å². The zero-order valence-corrected chi connectivity index (χ0v) is 12.7. The van der Waals surface area contributed by atoms with Gasteiger partial charge in [-0.2, -0.15) is 4.98 Å². The second-order valence-corrected chi connectivity index (χ2v) is 6.59. The molecule has 0 aliphatic heterocycles. The third-order valence-electron chi connectivity index (χ3n) is 5.25. The third-order valence-corrected chi connectivity index (χ3v) is 5.25. The van der Waals surface area contributed by atoms with Crippen LogP contribution in [0.5, 0.6) is 0 Å². The molecule has 3 aromatic rings. The summed E-state index contributed by atoms with van der Waals surface area (Å²) >= 11 is 0. The van der Waals surface area contributed by atoms with Gasteiger partial charge in [-0.3, -0.25) is 4.98 Å². The molecule has 2 fully saturated rings. The van der Waals surface area contributed by atoms with Crippen molar-refractivity contribution < 1.29 is 4.52 Å². The van der Waals surface area contributed by atoms with Crippen LogP contribution in [0.2, 0.25) is 0 Å². The maximum atomic E-state index is 5.61. The molecule has 2 aliphatic rings. The van der Waals surface area contributed by atoms with Gasteiger partial charge < -0.3 is 4.52 Å². The molecule has 2 aliphatic carbocycles. The maximum absolute atomic E-state index is 5.61. The Morgan fingerprint density at radius 1 is 1.00 bits per heavy atom. The fraction of sp³-hybridized carbons (Fsp3) is 0.316. The predicted octanol–water partition coefficient (Wildman–Crippen LogP) is 4.31. The van der Waals surface area contributed by atoms with E-state index < -0.39 is 0 Å². The van der Waals surface area contributed by atoms with Gasteiger partial charge in [0.2, 0.25) is 11.7 Å². The molecule has 114 valence electrons. The van der Waals surface area contributed by atoms with Crippen molar-refractivity contribution in [1.82, 2.24) is 15.1 Å². The van der Waals surface area contributed by atoms with Gasteiger partial charge in [0.15, 0.2) is 0 Å². The van der Waals surface area contributed by atoms with Crippen molar-refractivity contribution in [3.63, 3.8) is 0 Å². The maximum Gasteiger partial charge on any atom is 0.230 e. The molecule has 4 heteroatoms. The summed E-state index contributed by atoms with van der Waals surface area (Å²) in [6, 6.07) is 12.2. The predicted molar refractivity (Wildman–Crippen MR) is 86.5 cm³/mol. The van der Waals surface area contributed by atoms with Crippen LogP contribution in [0.4, 0.5) is 0 Å². The van der Waals surface area contributed by atoms with Crippen molar-refractivity contribution in [3.8, 4) is 22.5 Å². The summed E-state index contributed by atoms with van der Waals surface area (Å²) in [6.45, 7) is 0. The van der Waals surface area contributed by atoms with Crippen LogP contribution in [0.25, 0.3) is 22.5 Å². The highest BCUT2D eigenvalue weighted by Gasteiger charge is 2.50. The molecule has 2 saturated carbocycles. The van der Waals surface area contributed by atoms with E-state index in [-0.39, 0.29) is 0 Å². The Morgan fingerprint density at radius 3 is 2.70 bits per heavy atom. The van der Waals surface area contributed by atoms with E-state index >= 15 is 0 Å². The molecule has 2 heterocycles. The number of pyridine rings is 1.